The number of morpholine rings is 1. The number of ether oxygens (including phenoxy) is 1. The number of anilines is 1. The molecule has 0 atom stereocenters. The Labute approximate surface area is 149 Å². The largest absolute Gasteiger partial charge is 0.370 e. The Hall–Kier alpha value is -1.54. The zero-order valence-electron chi connectivity index (χ0n) is 13.6. The molecule has 3 heterocycles. The van der Waals surface area contributed by atoms with Gasteiger partial charge in [-0.3, -0.25) is 9.59 Å². The van der Waals surface area contributed by atoms with Crippen LogP contribution in [-0.4, -0.2) is 44.5 Å². The Kier molecular flexibility index (Phi) is 5.78. The SMILES string of the molecule is CCc1cc(C(=O)c2cccs2)c(NC(=O)C[NH+]2CCOCC2)s1. The molecule has 2 aromatic rings. The lowest BCUT2D eigenvalue weighted by molar-refractivity contribution is -0.899. The Morgan fingerprint density at radius 2 is 2.12 bits per heavy atom. The van der Waals surface area contributed by atoms with E-state index in [-0.39, 0.29) is 11.7 Å². The predicted octanol–water partition coefficient (Wildman–Crippen LogP) is 1.46. The molecule has 0 radical (unpaired) electrons. The number of thiophene rings is 2. The van der Waals surface area contributed by atoms with Crippen LogP contribution in [0.2, 0.25) is 0 Å². The van der Waals surface area contributed by atoms with Crippen molar-refractivity contribution in [1.82, 2.24) is 0 Å². The van der Waals surface area contributed by atoms with E-state index in [1.807, 2.05) is 23.6 Å². The van der Waals surface area contributed by atoms with E-state index in [2.05, 4.69) is 12.2 Å². The first kappa shape index (κ1) is 17.3. The van der Waals surface area contributed by atoms with Crippen molar-refractivity contribution in [3.05, 3.63) is 38.9 Å². The maximum absolute atomic E-state index is 12.7. The van der Waals surface area contributed by atoms with Gasteiger partial charge in [0.1, 0.15) is 18.1 Å². The van der Waals surface area contributed by atoms with Gasteiger partial charge in [0.25, 0.3) is 5.91 Å². The van der Waals surface area contributed by atoms with Crippen molar-refractivity contribution in [2.75, 3.05) is 38.2 Å². The lowest BCUT2D eigenvalue weighted by Crippen LogP contribution is -3.15. The molecule has 0 unspecified atom stereocenters. The third-order valence-electron chi connectivity index (χ3n) is 3.98. The van der Waals surface area contributed by atoms with Gasteiger partial charge in [-0.05, 0) is 23.9 Å². The summed E-state index contributed by atoms with van der Waals surface area (Å²) in [6, 6.07) is 5.59. The summed E-state index contributed by atoms with van der Waals surface area (Å²) in [5, 5.41) is 5.52. The van der Waals surface area contributed by atoms with Crippen LogP contribution in [0.3, 0.4) is 0 Å². The molecule has 0 aliphatic carbocycles. The van der Waals surface area contributed by atoms with Crippen molar-refractivity contribution >= 4 is 39.4 Å². The minimum Gasteiger partial charge on any atom is -0.370 e. The van der Waals surface area contributed by atoms with Gasteiger partial charge in [-0.2, -0.15) is 0 Å². The number of quaternary nitrogens is 1. The summed E-state index contributed by atoms with van der Waals surface area (Å²) >= 11 is 2.92. The summed E-state index contributed by atoms with van der Waals surface area (Å²) in [5.41, 5.74) is 0.602. The van der Waals surface area contributed by atoms with Crippen LogP contribution in [0, 0.1) is 0 Å². The average Bonchev–Trinajstić information content (AvgIpc) is 3.25. The van der Waals surface area contributed by atoms with Crippen molar-refractivity contribution in [3.8, 4) is 0 Å². The van der Waals surface area contributed by atoms with Crippen LogP contribution >= 0.6 is 22.7 Å². The van der Waals surface area contributed by atoms with Crippen molar-refractivity contribution < 1.29 is 19.2 Å². The number of ketones is 1. The van der Waals surface area contributed by atoms with Crippen molar-refractivity contribution in [2.24, 2.45) is 0 Å². The minimum atomic E-state index is -0.0448. The topological polar surface area (TPSA) is 59.8 Å². The highest BCUT2D eigenvalue weighted by Crippen LogP contribution is 2.31. The number of hydrogen-bond donors (Lipinski definition) is 2. The fraction of sp³-hybridized carbons (Fsp3) is 0.412. The zero-order valence-corrected chi connectivity index (χ0v) is 15.2. The van der Waals surface area contributed by atoms with E-state index >= 15 is 0 Å². The molecule has 1 saturated heterocycles. The lowest BCUT2D eigenvalue weighted by Gasteiger charge is -2.22. The van der Waals surface area contributed by atoms with Gasteiger partial charge in [-0.1, -0.05) is 13.0 Å². The second-order valence-corrected chi connectivity index (χ2v) is 7.79. The van der Waals surface area contributed by atoms with Crippen LogP contribution in [0.15, 0.2) is 23.6 Å². The zero-order chi connectivity index (χ0) is 16.9. The van der Waals surface area contributed by atoms with Crippen molar-refractivity contribution in [1.29, 1.82) is 0 Å². The van der Waals surface area contributed by atoms with Gasteiger partial charge in [0.2, 0.25) is 5.78 Å². The Balaban J connectivity index is 1.73. The number of aryl methyl sites for hydroxylation is 1. The summed E-state index contributed by atoms with van der Waals surface area (Å²) in [5.74, 6) is -0.0633. The normalized spacial score (nSPS) is 15.4. The first-order chi connectivity index (χ1) is 11.7. The molecule has 1 aliphatic rings. The standard InChI is InChI=1S/C17H20N2O3S2/c1-2-12-10-13(16(21)14-4-3-9-23-14)17(24-12)18-15(20)11-19-5-7-22-8-6-19/h3-4,9-10H,2,5-8,11H2,1H3,(H,18,20)/p+1. The predicted molar refractivity (Wildman–Crippen MR) is 96.5 cm³/mol. The van der Waals surface area contributed by atoms with Gasteiger partial charge < -0.3 is 15.0 Å². The summed E-state index contributed by atoms with van der Waals surface area (Å²) in [6.45, 7) is 5.55. The molecule has 1 amide bonds. The van der Waals surface area contributed by atoms with Crippen LogP contribution in [-0.2, 0) is 16.0 Å². The first-order valence-corrected chi connectivity index (χ1v) is 9.79. The van der Waals surface area contributed by atoms with Gasteiger partial charge in [0.05, 0.1) is 23.7 Å². The molecule has 1 aliphatic heterocycles. The highest BCUT2D eigenvalue weighted by Gasteiger charge is 2.22. The maximum atomic E-state index is 12.7. The molecule has 0 spiro atoms. The van der Waals surface area contributed by atoms with Crippen LogP contribution in [0.5, 0.6) is 0 Å². The number of amides is 1. The van der Waals surface area contributed by atoms with E-state index in [0.717, 1.165) is 24.4 Å². The number of rotatable bonds is 6. The van der Waals surface area contributed by atoms with Gasteiger partial charge in [-0.25, -0.2) is 0 Å². The highest BCUT2D eigenvalue weighted by atomic mass is 32.1. The number of hydrogen-bond acceptors (Lipinski definition) is 5. The maximum Gasteiger partial charge on any atom is 0.280 e. The molecule has 7 heteroatoms. The molecule has 0 aromatic carbocycles. The third kappa shape index (κ3) is 4.10. The van der Waals surface area contributed by atoms with E-state index in [0.29, 0.717) is 35.2 Å². The monoisotopic (exact) mass is 365 g/mol. The fourth-order valence-electron chi connectivity index (χ4n) is 2.65. The van der Waals surface area contributed by atoms with Gasteiger partial charge in [-0.15, -0.1) is 22.7 Å². The van der Waals surface area contributed by atoms with Crippen LogP contribution in [0.25, 0.3) is 0 Å². The number of carbonyl (C=O) groups excluding carboxylic acids is 2. The average molecular weight is 366 g/mol. The second-order valence-electron chi connectivity index (χ2n) is 5.70. The molecule has 24 heavy (non-hydrogen) atoms. The summed E-state index contributed by atoms with van der Waals surface area (Å²) in [7, 11) is 0. The van der Waals surface area contributed by atoms with Gasteiger partial charge in [0, 0.05) is 4.88 Å². The molecule has 2 aromatic heterocycles. The minimum absolute atomic E-state index is 0.0185. The molecule has 3 rings (SSSR count). The molecule has 128 valence electrons. The van der Waals surface area contributed by atoms with E-state index in [9.17, 15) is 9.59 Å². The second kappa shape index (κ2) is 8.02. The molecule has 0 saturated carbocycles. The summed E-state index contributed by atoms with van der Waals surface area (Å²) in [6.07, 6.45) is 0.847. The Morgan fingerprint density at radius 3 is 2.79 bits per heavy atom. The van der Waals surface area contributed by atoms with E-state index < -0.39 is 0 Å². The van der Waals surface area contributed by atoms with E-state index in [4.69, 9.17) is 4.74 Å². The number of nitrogens with one attached hydrogen (secondary N) is 2. The first-order valence-electron chi connectivity index (χ1n) is 8.09. The van der Waals surface area contributed by atoms with Crippen molar-refractivity contribution in [2.45, 2.75) is 13.3 Å². The van der Waals surface area contributed by atoms with Gasteiger partial charge in [0.15, 0.2) is 6.54 Å². The Morgan fingerprint density at radius 1 is 1.33 bits per heavy atom. The smallest absolute Gasteiger partial charge is 0.280 e. The van der Waals surface area contributed by atoms with E-state index in [1.165, 1.54) is 27.6 Å². The van der Waals surface area contributed by atoms with Gasteiger partial charge >= 0.3 is 0 Å². The highest BCUT2D eigenvalue weighted by molar-refractivity contribution is 7.17. The van der Waals surface area contributed by atoms with Crippen molar-refractivity contribution in [3.63, 3.8) is 0 Å². The van der Waals surface area contributed by atoms with Crippen LogP contribution in [0.1, 0.15) is 27.0 Å². The van der Waals surface area contributed by atoms with E-state index in [1.54, 1.807) is 0 Å². The lowest BCUT2D eigenvalue weighted by atomic mass is 10.1. The van der Waals surface area contributed by atoms with Crippen LogP contribution < -0.4 is 10.2 Å². The molecule has 0 bridgehead atoms. The molecule has 5 nitrogen and oxygen atoms in total. The Bertz CT molecular complexity index is 703. The molecule has 2 N–H and O–H groups in total. The summed E-state index contributed by atoms with van der Waals surface area (Å²) < 4.78 is 5.32. The third-order valence-corrected chi connectivity index (χ3v) is 6.05. The molecular formula is C17H21N2O3S2+. The van der Waals surface area contributed by atoms with Crippen LogP contribution in [0.4, 0.5) is 5.00 Å². The fourth-order valence-corrected chi connectivity index (χ4v) is 4.34. The summed E-state index contributed by atoms with van der Waals surface area (Å²) in [4.78, 5) is 28.1. The molecule has 1 fully saturated rings. The number of carbonyl (C=O) groups is 2. The quantitative estimate of drug-likeness (QED) is 0.762. The molecular weight excluding hydrogens is 344 g/mol.